The summed E-state index contributed by atoms with van der Waals surface area (Å²) in [5, 5.41) is 18.9. The summed E-state index contributed by atoms with van der Waals surface area (Å²) in [5.41, 5.74) is 1.15. The molecule has 0 aliphatic heterocycles. The Morgan fingerprint density at radius 3 is 2.74 bits per heavy atom. The number of rotatable bonds is 4. The number of hydrogen-bond donors (Lipinski definition) is 3. The molecule has 0 saturated carbocycles. The Morgan fingerprint density at radius 2 is 2.11 bits per heavy atom. The lowest BCUT2D eigenvalue weighted by Crippen LogP contribution is -2.44. The van der Waals surface area contributed by atoms with Gasteiger partial charge in [-0.25, -0.2) is 4.79 Å². The Labute approximate surface area is 109 Å². The van der Waals surface area contributed by atoms with Crippen LogP contribution in [-0.4, -0.2) is 33.2 Å². The van der Waals surface area contributed by atoms with Crippen molar-refractivity contribution in [1.29, 1.82) is 0 Å². The van der Waals surface area contributed by atoms with Crippen LogP contribution in [-0.2, 0) is 4.79 Å². The number of hydrogen-bond acceptors (Lipinski definition) is 3. The maximum absolute atomic E-state index is 12.2. The Morgan fingerprint density at radius 1 is 1.37 bits per heavy atom. The second kappa shape index (κ2) is 5.09. The van der Waals surface area contributed by atoms with E-state index in [0.29, 0.717) is 10.9 Å². The number of aromatic nitrogens is 2. The molecule has 0 bridgehead atoms. The Bertz CT molecular complexity index is 618. The fourth-order valence-corrected chi connectivity index (χ4v) is 1.90. The van der Waals surface area contributed by atoms with Gasteiger partial charge in [0.25, 0.3) is 5.91 Å². The van der Waals surface area contributed by atoms with Crippen molar-refractivity contribution < 1.29 is 14.7 Å². The highest BCUT2D eigenvalue weighted by Gasteiger charge is 2.24. The number of nitrogens with one attached hydrogen (secondary N) is 2. The number of carbonyl (C=O) groups is 2. The molecule has 0 radical (unpaired) electrons. The van der Waals surface area contributed by atoms with Crippen molar-refractivity contribution in [3.8, 4) is 0 Å². The number of carboxylic acid groups (broad SMARTS) is 1. The monoisotopic (exact) mass is 261 g/mol. The van der Waals surface area contributed by atoms with Gasteiger partial charge in [0.1, 0.15) is 6.04 Å². The van der Waals surface area contributed by atoms with Crippen LogP contribution >= 0.6 is 0 Å². The van der Waals surface area contributed by atoms with Crippen LogP contribution in [0.25, 0.3) is 10.9 Å². The molecule has 100 valence electrons. The van der Waals surface area contributed by atoms with Crippen molar-refractivity contribution in [2.24, 2.45) is 5.92 Å². The highest BCUT2D eigenvalue weighted by molar-refractivity contribution is 6.07. The third kappa shape index (κ3) is 2.57. The van der Waals surface area contributed by atoms with E-state index in [4.69, 9.17) is 5.11 Å². The van der Waals surface area contributed by atoms with Gasteiger partial charge >= 0.3 is 5.97 Å². The molecule has 19 heavy (non-hydrogen) atoms. The molecule has 1 heterocycles. The molecule has 0 fully saturated rings. The maximum Gasteiger partial charge on any atom is 0.326 e. The SMILES string of the molecule is CC(C)[C@@H](NC(=O)c1cccc2[nH]ncc12)C(=O)O. The molecule has 0 aliphatic carbocycles. The normalized spacial score (nSPS) is 12.6. The highest BCUT2D eigenvalue weighted by Crippen LogP contribution is 2.16. The number of carbonyl (C=O) groups excluding carboxylic acids is 1. The first kappa shape index (κ1) is 13.1. The number of nitrogens with zero attached hydrogens (tertiary/aromatic N) is 1. The van der Waals surface area contributed by atoms with Crippen molar-refractivity contribution in [1.82, 2.24) is 15.5 Å². The van der Waals surface area contributed by atoms with E-state index < -0.39 is 17.9 Å². The number of aromatic amines is 1. The summed E-state index contributed by atoms with van der Waals surface area (Å²) < 4.78 is 0. The molecule has 2 rings (SSSR count). The van der Waals surface area contributed by atoms with Crippen LogP contribution < -0.4 is 5.32 Å². The summed E-state index contributed by atoms with van der Waals surface area (Å²) in [6.45, 7) is 3.50. The summed E-state index contributed by atoms with van der Waals surface area (Å²) in [4.78, 5) is 23.2. The van der Waals surface area contributed by atoms with Gasteiger partial charge in [-0.1, -0.05) is 19.9 Å². The molecule has 1 atom stereocenters. The van der Waals surface area contributed by atoms with Crippen molar-refractivity contribution in [3.05, 3.63) is 30.0 Å². The van der Waals surface area contributed by atoms with Crippen LogP contribution in [0.5, 0.6) is 0 Å². The fourth-order valence-electron chi connectivity index (χ4n) is 1.90. The van der Waals surface area contributed by atoms with Crippen LogP contribution in [0.3, 0.4) is 0 Å². The summed E-state index contributed by atoms with van der Waals surface area (Å²) in [7, 11) is 0. The van der Waals surface area contributed by atoms with Gasteiger partial charge in [-0.15, -0.1) is 0 Å². The summed E-state index contributed by atoms with van der Waals surface area (Å²) in [6, 6.07) is 4.26. The molecule has 0 spiro atoms. The minimum atomic E-state index is -1.04. The lowest BCUT2D eigenvalue weighted by Gasteiger charge is -2.18. The number of H-pyrrole nitrogens is 1. The standard InChI is InChI=1S/C13H15N3O3/c1-7(2)11(13(18)19)15-12(17)8-4-3-5-10-9(8)6-14-16-10/h3-7,11H,1-2H3,(H,14,16)(H,15,17)(H,18,19)/t11-/m1/s1. The lowest BCUT2D eigenvalue weighted by atomic mass is 10.0. The van der Waals surface area contributed by atoms with Gasteiger partial charge in [0.05, 0.1) is 17.3 Å². The minimum Gasteiger partial charge on any atom is -0.480 e. The van der Waals surface area contributed by atoms with Crippen LogP contribution in [0.2, 0.25) is 0 Å². The molecule has 2 aromatic rings. The van der Waals surface area contributed by atoms with E-state index in [1.54, 1.807) is 38.2 Å². The third-order valence-corrected chi connectivity index (χ3v) is 2.95. The van der Waals surface area contributed by atoms with Crippen molar-refractivity contribution in [3.63, 3.8) is 0 Å². The van der Waals surface area contributed by atoms with Gasteiger partial charge in [-0.2, -0.15) is 5.10 Å². The van der Waals surface area contributed by atoms with Gasteiger partial charge in [-0.3, -0.25) is 9.89 Å². The van der Waals surface area contributed by atoms with Crippen molar-refractivity contribution in [2.75, 3.05) is 0 Å². The number of amides is 1. The molecule has 1 aromatic carbocycles. The molecular formula is C13H15N3O3. The zero-order valence-corrected chi connectivity index (χ0v) is 10.7. The third-order valence-electron chi connectivity index (χ3n) is 2.95. The first-order valence-electron chi connectivity index (χ1n) is 5.96. The van der Waals surface area contributed by atoms with E-state index in [-0.39, 0.29) is 5.92 Å². The molecule has 3 N–H and O–H groups in total. The lowest BCUT2D eigenvalue weighted by molar-refractivity contribution is -0.140. The van der Waals surface area contributed by atoms with Gasteiger partial charge < -0.3 is 10.4 Å². The number of benzene rings is 1. The minimum absolute atomic E-state index is 0.190. The molecule has 0 saturated heterocycles. The second-order valence-corrected chi connectivity index (χ2v) is 4.67. The van der Waals surface area contributed by atoms with Gasteiger partial charge in [-0.05, 0) is 18.1 Å². The molecule has 6 nitrogen and oxygen atoms in total. The van der Waals surface area contributed by atoms with Gasteiger partial charge in [0.15, 0.2) is 0 Å². The topological polar surface area (TPSA) is 95.1 Å². The highest BCUT2D eigenvalue weighted by atomic mass is 16.4. The average molecular weight is 261 g/mol. The van der Waals surface area contributed by atoms with Gasteiger partial charge in [0.2, 0.25) is 0 Å². The summed E-state index contributed by atoms with van der Waals surface area (Å²) in [6.07, 6.45) is 1.55. The Balaban J connectivity index is 2.29. The zero-order chi connectivity index (χ0) is 14.0. The maximum atomic E-state index is 12.2. The van der Waals surface area contributed by atoms with E-state index in [2.05, 4.69) is 15.5 Å². The number of carboxylic acids is 1. The molecule has 1 amide bonds. The van der Waals surface area contributed by atoms with E-state index in [1.165, 1.54) is 0 Å². The average Bonchev–Trinajstić information content (AvgIpc) is 2.82. The van der Waals surface area contributed by atoms with Crippen LogP contribution in [0.15, 0.2) is 24.4 Å². The molecule has 0 aliphatic rings. The van der Waals surface area contributed by atoms with E-state index in [0.717, 1.165) is 5.52 Å². The van der Waals surface area contributed by atoms with E-state index >= 15 is 0 Å². The van der Waals surface area contributed by atoms with E-state index in [1.807, 2.05) is 0 Å². The second-order valence-electron chi connectivity index (χ2n) is 4.67. The summed E-state index contributed by atoms with van der Waals surface area (Å²) in [5.74, 6) is -1.64. The fraction of sp³-hybridized carbons (Fsp3) is 0.308. The predicted molar refractivity (Wildman–Crippen MR) is 69.8 cm³/mol. The summed E-state index contributed by atoms with van der Waals surface area (Å²) >= 11 is 0. The molecule has 1 aromatic heterocycles. The first-order valence-corrected chi connectivity index (χ1v) is 5.96. The van der Waals surface area contributed by atoms with Gasteiger partial charge in [0, 0.05) is 5.39 Å². The predicted octanol–water partition coefficient (Wildman–Crippen LogP) is 1.40. The number of aliphatic carboxylic acids is 1. The molecular weight excluding hydrogens is 246 g/mol. The zero-order valence-electron chi connectivity index (χ0n) is 10.7. The molecule has 6 heteroatoms. The largest absolute Gasteiger partial charge is 0.480 e. The molecule has 0 unspecified atom stereocenters. The van der Waals surface area contributed by atoms with Crippen molar-refractivity contribution >= 4 is 22.8 Å². The van der Waals surface area contributed by atoms with Crippen LogP contribution in [0, 0.1) is 5.92 Å². The first-order chi connectivity index (χ1) is 9.00. The number of fused-ring (bicyclic) bond motifs is 1. The van der Waals surface area contributed by atoms with Crippen LogP contribution in [0.1, 0.15) is 24.2 Å². The van der Waals surface area contributed by atoms with Crippen molar-refractivity contribution in [2.45, 2.75) is 19.9 Å². The smallest absolute Gasteiger partial charge is 0.326 e. The van der Waals surface area contributed by atoms with E-state index in [9.17, 15) is 9.59 Å². The quantitative estimate of drug-likeness (QED) is 0.775. The Hall–Kier alpha value is -2.37. The Kier molecular flexibility index (Phi) is 3.50. The van der Waals surface area contributed by atoms with Crippen LogP contribution in [0.4, 0.5) is 0 Å².